The Morgan fingerprint density at radius 3 is 2.68 bits per heavy atom. The second-order valence-corrected chi connectivity index (χ2v) is 11.0. The van der Waals surface area contributed by atoms with Crippen molar-refractivity contribution >= 4 is 17.6 Å². The molecule has 0 unspecified atom stereocenters. The Bertz CT molecular complexity index is 811. The van der Waals surface area contributed by atoms with E-state index in [1.54, 1.807) is 0 Å². The molecule has 1 aliphatic heterocycles. The lowest BCUT2D eigenvalue weighted by atomic mass is 9.84. The molecule has 0 bridgehead atoms. The molecule has 2 N–H and O–H groups in total. The largest absolute Gasteiger partial charge is 0.464 e. The van der Waals surface area contributed by atoms with Crippen molar-refractivity contribution in [1.82, 2.24) is 4.90 Å². The molecule has 0 amide bonds. The van der Waals surface area contributed by atoms with Gasteiger partial charge in [-0.3, -0.25) is 9.69 Å². The van der Waals surface area contributed by atoms with E-state index in [9.17, 15) is 15.0 Å². The summed E-state index contributed by atoms with van der Waals surface area (Å²) in [6, 6.07) is 8.07. The van der Waals surface area contributed by atoms with Gasteiger partial charge >= 0.3 is 5.97 Å². The van der Waals surface area contributed by atoms with Crippen LogP contribution in [0.5, 0.6) is 0 Å². The van der Waals surface area contributed by atoms with Crippen LogP contribution in [0.25, 0.3) is 0 Å². The second kappa shape index (κ2) is 16.5. The number of carbonyl (C=O) groups excluding carboxylic acids is 1. The van der Waals surface area contributed by atoms with E-state index in [0.717, 1.165) is 88.9 Å². The maximum Gasteiger partial charge on any atom is 0.305 e. The number of rotatable bonds is 15. The molecule has 3 rings (SSSR count). The fourth-order valence-electron chi connectivity index (χ4n) is 5.44. The molecule has 5 atom stereocenters. The van der Waals surface area contributed by atoms with Gasteiger partial charge in [0.15, 0.2) is 0 Å². The molecule has 0 aromatic heterocycles. The topological polar surface area (TPSA) is 79.2 Å². The smallest absolute Gasteiger partial charge is 0.305 e. The number of nitrogens with zero attached hydrogens (tertiary/aromatic N) is 1. The van der Waals surface area contributed by atoms with Gasteiger partial charge in [0.25, 0.3) is 0 Å². The van der Waals surface area contributed by atoms with Gasteiger partial charge in [0.2, 0.25) is 0 Å². The van der Waals surface area contributed by atoms with Crippen LogP contribution >= 0.6 is 11.6 Å². The molecule has 1 saturated heterocycles. The minimum Gasteiger partial charge on any atom is -0.464 e. The van der Waals surface area contributed by atoms with Gasteiger partial charge in [-0.2, -0.15) is 0 Å². The lowest BCUT2D eigenvalue weighted by molar-refractivity contribution is -0.144. The third kappa shape index (κ3) is 9.99. The van der Waals surface area contributed by atoms with Gasteiger partial charge in [0.05, 0.1) is 25.4 Å². The number of unbranched alkanes of at least 4 members (excludes halogenated alkanes) is 3. The predicted molar refractivity (Wildman–Crippen MR) is 148 cm³/mol. The van der Waals surface area contributed by atoms with Crippen molar-refractivity contribution in [2.45, 2.75) is 88.2 Å². The first-order chi connectivity index (χ1) is 18.0. The molecule has 0 spiro atoms. The Kier molecular flexibility index (Phi) is 13.4. The molecular formula is C30H46ClNO5. The highest BCUT2D eigenvalue weighted by molar-refractivity contribution is 6.21. The van der Waals surface area contributed by atoms with E-state index < -0.39 is 12.2 Å². The van der Waals surface area contributed by atoms with Crippen molar-refractivity contribution in [2.75, 3.05) is 39.5 Å². The lowest BCUT2D eigenvalue weighted by Crippen LogP contribution is -2.38. The summed E-state index contributed by atoms with van der Waals surface area (Å²) >= 11 is 6.65. The zero-order valence-electron chi connectivity index (χ0n) is 22.4. The van der Waals surface area contributed by atoms with Crippen molar-refractivity contribution in [2.24, 2.45) is 5.92 Å². The van der Waals surface area contributed by atoms with Crippen molar-refractivity contribution in [3.63, 3.8) is 0 Å². The molecule has 6 nitrogen and oxygen atoms in total. The summed E-state index contributed by atoms with van der Waals surface area (Å²) in [5.74, 6) is -0.00124. The van der Waals surface area contributed by atoms with Crippen LogP contribution in [-0.4, -0.2) is 72.0 Å². The van der Waals surface area contributed by atoms with E-state index in [1.807, 2.05) is 24.3 Å². The van der Waals surface area contributed by atoms with Crippen molar-refractivity contribution in [3.8, 4) is 0 Å². The van der Waals surface area contributed by atoms with Gasteiger partial charge in [0.1, 0.15) is 6.61 Å². The summed E-state index contributed by atoms with van der Waals surface area (Å²) in [6.45, 7) is 6.68. The van der Waals surface area contributed by atoms with Crippen LogP contribution in [0.2, 0.25) is 0 Å². The highest BCUT2D eigenvalue weighted by Crippen LogP contribution is 2.45. The standard InChI is InChI=1S/C30H46ClNO5/c1-2-3-6-10-27(33)23-12-14-24(15-13-23)30-25(26(31)22-28(30)34)9-7-4-5-8-11-29(35)37-21-18-32-16-19-36-20-17-32/h4,7,12-15,25-28,30,33-34H,2-3,5-6,8-11,16-22H2,1H3/b7-4-/t25-,26+,27+,28+,30+/m0/s1. The van der Waals surface area contributed by atoms with E-state index >= 15 is 0 Å². The summed E-state index contributed by atoms with van der Waals surface area (Å²) in [5, 5.41) is 21.1. The van der Waals surface area contributed by atoms with Crippen LogP contribution in [0.1, 0.15) is 87.9 Å². The quantitative estimate of drug-likeness (QED) is 0.136. The number of aliphatic hydroxyl groups is 2. The summed E-state index contributed by atoms with van der Waals surface area (Å²) in [5.41, 5.74) is 2.02. The number of morpholine rings is 1. The van der Waals surface area contributed by atoms with Gasteiger partial charge in [0, 0.05) is 37.4 Å². The fourth-order valence-corrected chi connectivity index (χ4v) is 5.88. The van der Waals surface area contributed by atoms with Gasteiger partial charge in [-0.25, -0.2) is 0 Å². The summed E-state index contributed by atoms with van der Waals surface area (Å²) < 4.78 is 10.7. The van der Waals surface area contributed by atoms with Gasteiger partial charge in [-0.15, -0.1) is 11.6 Å². The van der Waals surface area contributed by atoms with E-state index in [1.165, 1.54) is 0 Å². The molecule has 2 fully saturated rings. The zero-order valence-corrected chi connectivity index (χ0v) is 23.2. The molecule has 208 valence electrons. The number of alkyl halides is 1. The minimum absolute atomic E-state index is 0.0140. The Morgan fingerprint density at radius 2 is 1.95 bits per heavy atom. The predicted octanol–water partition coefficient (Wildman–Crippen LogP) is 5.36. The molecule has 1 aliphatic carbocycles. The number of benzene rings is 1. The third-order valence-electron chi connectivity index (χ3n) is 7.70. The summed E-state index contributed by atoms with van der Waals surface area (Å²) in [4.78, 5) is 14.2. The van der Waals surface area contributed by atoms with Crippen molar-refractivity contribution < 1.29 is 24.5 Å². The number of hydrogen-bond donors (Lipinski definition) is 2. The van der Waals surface area contributed by atoms with Gasteiger partial charge in [-0.05, 0) is 49.1 Å². The Hall–Kier alpha value is -1.44. The number of ether oxygens (including phenoxy) is 2. The van der Waals surface area contributed by atoms with Crippen LogP contribution in [-0.2, 0) is 14.3 Å². The number of allylic oxidation sites excluding steroid dienone is 2. The first kappa shape index (κ1) is 30.1. The summed E-state index contributed by atoms with van der Waals surface area (Å²) in [6.07, 6.45) is 10.8. The zero-order chi connectivity index (χ0) is 26.5. The highest BCUT2D eigenvalue weighted by atomic mass is 35.5. The number of hydrogen-bond acceptors (Lipinski definition) is 6. The SMILES string of the molecule is CCCCC[C@@H](O)c1ccc([C@@H]2[C@@H](C/C=C\CCCC(=O)OCCN3CCOCC3)[C@H](Cl)C[C@H]2O)cc1. The second-order valence-electron chi connectivity index (χ2n) is 10.5. The maximum atomic E-state index is 12.0. The Balaban J connectivity index is 1.38. The maximum absolute atomic E-state index is 12.0. The average molecular weight is 536 g/mol. The third-order valence-corrected chi connectivity index (χ3v) is 8.20. The molecule has 1 heterocycles. The van der Waals surface area contributed by atoms with Crippen LogP contribution in [0.3, 0.4) is 0 Å². The molecule has 37 heavy (non-hydrogen) atoms. The number of esters is 1. The van der Waals surface area contributed by atoms with E-state index in [-0.39, 0.29) is 23.2 Å². The Morgan fingerprint density at radius 1 is 1.19 bits per heavy atom. The monoisotopic (exact) mass is 535 g/mol. The van der Waals surface area contributed by atoms with Crippen LogP contribution in [0, 0.1) is 5.92 Å². The van der Waals surface area contributed by atoms with Crippen LogP contribution in [0.15, 0.2) is 36.4 Å². The van der Waals surface area contributed by atoms with Crippen LogP contribution < -0.4 is 0 Å². The number of aliphatic hydroxyl groups excluding tert-OH is 2. The molecule has 2 aliphatic rings. The minimum atomic E-state index is -0.464. The first-order valence-electron chi connectivity index (χ1n) is 14.2. The van der Waals surface area contributed by atoms with Crippen molar-refractivity contribution in [3.05, 3.63) is 47.5 Å². The summed E-state index contributed by atoms with van der Waals surface area (Å²) in [7, 11) is 0. The Labute approximate surface area is 228 Å². The lowest BCUT2D eigenvalue weighted by Gasteiger charge is -2.26. The molecule has 1 aromatic rings. The van der Waals surface area contributed by atoms with Gasteiger partial charge in [-0.1, -0.05) is 62.6 Å². The van der Waals surface area contributed by atoms with E-state index in [0.29, 0.717) is 19.4 Å². The normalized spacial score (nSPS) is 25.5. The number of halogens is 1. The number of carbonyl (C=O) groups is 1. The first-order valence-corrected chi connectivity index (χ1v) is 14.6. The fraction of sp³-hybridized carbons (Fsp3) is 0.700. The van der Waals surface area contributed by atoms with E-state index in [2.05, 4.69) is 24.0 Å². The van der Waals surface area contributed by atoms with Crippen LogP contribution in [0.4, 0.5) is 0 Å². The molecule has 7 heteroatoms. The van der Waals surface area contributed by atoms with Gasteiger partial charge < -0.3 is 19.7 Å². The molecule has 1 aromatic carbocycles. The van der Waals surface area contributed by atoms with E-state index in [4.69, 9.17) is 21.1 Å². The average Bonchev–Trinajstić information content (AvgIpc) is 3.19. The van der Waals surface area contributed by atoms with Crippen molar-refractivity contribution in [1.29, 1.82) is 0 Å². The molecule has 0 radical (unpaired) electrons. The highest BCUT2D eigenvalue weighted by Gasteiger charge is 2.41. The molecule has 1 saturated carbocycles. The molecular weight excluding hydrogens is 490 g/mol.